The van der Waals surface area contributed by atoms with Gasteiger partial charge in [0.15, 0.2) is 0 Å². The molecule has 1 fully saturated rings. The summed E-state index contributed by atoms with van der Waals surface area (Å²) >= 11 is 6.02. The largest absolute Gasteiger partial charge is 0.333 e. The number of halogens is 1. The third-order valence-electron chi connectivity index (χ3n) is 4.58. The van der Waals surface area contributed by atoms with Gasteiger partial charge in [0.05, 0.1) is 11.7 Å². The molecule has 1 saturated heterocycles. The number of carbonyl (C=O) groups is 1. The van der Waals surface area contributed by atoms with Crippen LogP contribution in [-0.4, -0.2) is 35.9 Å². The number of hydrogen-bond acceptors (Lipinski definition) is 3. The van der Waals surface area contributed by atoms with Crippen LogP contribution in [-0.2, 0) is 4.79 Å². The number of nitrogens with zero attached hydrogens (tertiary/aromatic N) is 2. The van der Waals surface area contributed by atoms with Crippen LogP contribution in [0.3, 0.4) is 0 Å². The van der Waals surface area contributed by atoms with Crippen LogP contribution in [0.5, 0.6) is 0 Å². The highest BCUT2D eigenvalue weighted by molar-refractivity contribution is 6.30. The van der Waals surface area contributed by atoms with Crippen molar-refractivity contribution in [2.75, 3.05) is 20.1 Å². The molecule has 1 unspecified atom stereocenters. The molecule has 1 N–H and O–H groups in total. The first-order chi connectivity index (χ1) is 11.7. The van der Waals surface area contributed by atoms with Crippen molar-refractivity contribution in [1.82, 2.24) is 15.2 Å². The minimum absolute atomic E-state index is 0.0785. The smallest absolute Gasteiger partial charge is 0.226 e. The van der Waals surface area contributed by atoms with E-state index in [1.54, 1.807) is 6.20 Å². The Bertz CT molecular complexity index is 669. The van der Waals surface area contributed by atoms with E-state index in [1.165, 1.54) is 0 Å². The Balaban J connectivity index is 1.91. The number of piperidine rings is 1. The Hall–Kier alpha value is -1.91. The number of aromatic nitrogens is 1. The lowest BCUT2D eigenvalue weighted by atomic mass is 9.94. The summed E-state index contributed by atoms with van der Waals surface area (Å²) in [6, 6.07) is 13.2. The molecule has 0 saturated carbocycles. The van der Waals surface area contributed by atoms with E-state index >= 15 is 0 Å². The zero-order chi connectivity index (χ0) is 16.9. The van der Waals surface area contributed by atoms with E-state index in [0.29, 0.717) is 5.02 Å². The van der Waals surface area contributed by atoms with E-state index in [9.17, 15) is 4.79 Å². The van der Waals surface area contributed by atoms with Crippen LogP contribution in [0, 0.1) is 5.92 Å². The molecule has 1 aliphatic heterocycles. The normalized spacial score (nSPS) is 16.6. The Kier molecular flexibility index (Phi) is 5.48. The average Bonchev–Trinajstić information content (AvgIpc) is 2.64. The van der Waals surface area contributed by atoms with Gasteiger partial charge in [0.1, 0.15) is 0 Å². The van der Waals surface area contributed by atoms with Crippen LogP contribution in [0.25, 0.3) is 0 Å². The number of benzene rings is 1. The molecule has 1 aliphatic rings. The summed E-state index contributed by atoms with van der Waals surface area (Å²) in [6.07, 6.45) is 3.54. The van der Waals surface area contributed by atoms with Gasteiger partial charge in [-0.1, -0.05) is 29.8 Å². The summed E-state index contributed by atoms with van der Waals surface area (Å²) in [5, 5.41) is 4.00. The van der Waals surface area contributed by atoms with E-state index in [4.69, 9.17) is 11.6 Å². The lowest BCUT2D eigenvalue weighted by Crippen LogP contribution is -2.41. The van der Waals surface area contributed by atoms with Gasteiger partial charge in [-0.2, -0.15) is 0 Å². The summed E-state index contributed by atoms with van der Waals surface area (Å²) in [7, 11) is 1.87. The Morgan fingerprint density at radius 2 is 1.92 bits per heavy atom. The molecule has 0 aliphatic carbocycles. The maximum absolute atomic E-state index is 13.0. The van der Waals surface area contributed by atoms with Crippen LogP contribution in [0.4, 0.5) is 0 Å². The lowest BCUT2D eigenvalue weighted by Gasteiger charge is -2.33. The van der Waals surface area contributed by atoms with Crippen LogP contribution in [0.2, 0.25) is 5.02 Å². The van der Waals surface area contributed by atoms with E-state index in [1.807, 2.05) is 54.4 Å². The molecular weight excluding hydrogens is 322 g/mol. The number of carbonyl (C=O) groups excluding carboxylic acids is 1. The molecule has 5 heteroatoms. The number of hydrogen-bond donors (Lipinski definition) is 1. The van der Waals surface area contributed by atoms with E-state index in [2.05, 4.69) is 10.3 Å². The van der Waals surface area contributed by atoms with Crippen LogP contribution >= 0.6 is 11.6 Å². The number of amides is 1. The molecular formula is C19H22ClN3O. The molecule has 0 radical (unpaired) electrons. The van der Waals surface area contributed by atoms with Crippen molar-refractivity contribution in [3.63, 3.8) is 0 Å². The summed E-state index contributed by atoms with van der Waals surface area (Å²) in [4.78, 5) is 19.3. The van der Waals surface area contributed by atoms with Crippen LogP contribution in [0.15, 0.2) is 48.7 Å². The van der Waals surface area contributed by atoms with Gasteiger partial charge in [-0.25, -0.2) is 0 Å². The minimum Gasteiger partial charge on any atom is -0.333 e. The molecule has 1 aromatic heterocycles. The van der Waals surface area contributed by atoms with Crippen molar-refractivity contribution >= 4 is 17.5 Å². The van der Waals surface area contributed by atoms with Gasteiger partial charge in [0, 0.05) is 24.2 Å². The third-order valence-corrected chi connectivity index (χ3v) is 4.83. The van der Waals surface area contributed by atoms with Crippen molar-refractivity contribution in [1.29, 1.82) is 0 Å². The second-order valence-corrected chi connectivity index (χ2v) is 6.62. The molecule has 0 spiro atoms. The highest BCUT2D eigenvalue weighted by atomic mass is 35.5. The van der Waals surface area contributed by atoms with Gasteiger partial charge in [-0.3, -0.25) is 9.78 Å². The number of rotatable bonds is 4. The SMILES string of the molecule is CN(C(=O)C1CCNCC1)C(c1ccc(Cl)cc1)c1ccccn1. The Labute approximate surface area is 147 Å². The minimum atomic E-state index is -0.203. The van der Waals surface area contributed by atoms with Crippen molar-refractivity contribution in [2.24, 2.45) is 5.92 Å². The first kappa shape index (κ1) is 16.9. The van der Waals surface area contributed by atoms with E-state index in [-0.39, 0.29) is 17.9 Å². The molecule has 1 aromatic carbocycles. The predicted octanol–water partition coefficient (Wildman–Crippen LogP) is 3.28. The number of nitrogens with one attached hydrogen (secondary N) is 1. The zero-order valence-electron chi connectivity index (χ0n) is 13.8. The third kappa shape index (κ3) is 3.77. The maximum Gasteiger partial charge on any atom is 0.226 e. The van der Waals surface area contributed by atoms with Gasteiger partial charge in [0.2, 0.25) is 5.91 Å². The fourth-order valence-electron chi connectivity index (χ4n) is 3.26. The molecule has 3 rings (SSSR count). The number of pyridine rings is 1. The predicted molar refractivity (Wildman–Crippen MR) is 95.9 cm³/mol. The quantitative estimate of drug-likeness (QED) is 0.926. The Morgan fingerprint density at radius 1 is 1.21 bits per heavy atom. The monoisotopic (exact) mass is 343 g/mol. The summed E-state index contributed by atoms with van der Waals surface area (Å²) in [6.45, 7) is 1.80. The summed E-state index contributed by atoms with van der Waals surface area (Å²) < 4.78 is 0. The molecule has 1 amide bonds. The van der Waals surface area contributed by atoms with Crippen molar-refractivity contribution in [2.45, 2.75) is 18.9 Å². The second kappa shape index (κ2) is 7.77. The molecule has 24 heavy (non-hydrogen) atoms. The van der Waals surface area contributed by atoms with Crippen LogP contribution in [0.1, 0.15) is 30.1 Å². The molecule has 2 aromatic rings. The van der Waals surface area contributed by atoms with Crippen molar-refractivity contribution in [3.05, 3.63) is 64.9 Å². The fraction of sp³-hybridized carbons (Fsp3) is 0.368. The fourth-order valence-corrected chi connectivity index (χ4v) is 3.39. The van der Waals surface area contributed by atoms with E-state index in [0.717, 1.165) is 37.2 Å². The summed E-state index contributed by atoms with van der Waals surface area (Å²) in [5.41, 5.74) is 1.88. The first-order valence-corrected chi connectivity index (χ1v) is 8.68. The molecule has 2 heterocycles. The second-order valence-electron chi connectivity index (χ2n) is 6.18. The zero-order valence-corrected chi connectivity index (χ0v) is 14.5. The van der Waals surface area contributed by atoms with Gasteiger partial charge in [-0.15, -0.1) is 0 Å². The lowest BCUT2D eigenvalue weighted by molar-refractivity contribution is -0.136. The molecule has 126 valence electrons. The highest BCUT2D eigenvalue weighted by Crippen LogP contribution is 2.29. The topological polar surface area (TPSA) is 45.2 Å². The maximum atomic E-state index is 13.0. The van der Waals surface area contributed by atoms with Gasteiger partial charge in [0.25, 0.3) is 0 Å². The summed E-state index contributed by atoms with van der Waals surface area (Å²) in [5.74, 6) is 0.261. The molecule has 0 bridgehead atoms. The van der Waals surface area contributed by atoms with Crippen molar-refractivity contribution in [3.8, 4) is 0 Å². The van der Waals surface area contributed by atoms with Crippen LogP contribution < -0.4 is 5.32 Å². The van der Waals surface area contributed by atoms with Gasteiger partial charge in [-0.05, 0) is 55.8 Å². The molecule has 4 nitrogen and oxygen atoms in total. The molecule has 1 atom stereocenters. The standard InChI is InChI=1S/C19H22ClN3O/c1-23(19(24)15-9-12-21-13-10-15)18(17-4-2-3-11-22-17)14-5-7-16(20)8-6-14/h2-8,11,15,18,21H,9-10,12-13H2,1H3. The Morgan fingerprint density at radius 3 is 2.54 bits per heavy atom. The van der Waals surface area contributed by atoms with Gasteiger partial charge >= 0.3 is 0 Å². The first-order valence-electron chi connectivity index (χ1n) is 8.30. The van der Waals surface area contributed by atoms with E-state index < -0.39 is 0 Å². The average molecular weight is 344 g/mol. The highest BCUT2D eigenvalue weighted by Gasteiger charge is 2.30. The van der Waals surface area contributed by atoms with Crippen molar-refractivity contribution < 1.29 is 4.79 Å². The van der Waals surface area contributed by atoms with Gasteiger partial charge < -0.3 is 10.2 Å².